The van der Waals surface area contributed by atoms with Crippen LogP contribution in [-0.2, 0) is 28.5 Å². The smallest absolute Gasteiger partial charge is 0.302 e. The number of epoxide rings is 1. The molecule has 0 aromatic heterocycles. The summed E-state index contributed by atoms with van der Waals surface area (Å²) in [7, 11) is 3.39. The molecule has 0 aromatic carbocycles. The van der Waals surface area contributed by atoms with Gasteiger partial charge in [0.1, 0.15) is 6.10 Å². The van der Waals surface area contributed by atoms with Gasteiger partial charge in [-0.3, -0.25) is 9.59 Å². The fourth-order valence-corrected chi connectivity index (χ4v) is 1.89. The van der Waals surface area contributed by atoms with Crippen molar-refractivity contribution >= 4 is 11.9 Å². The molecular weight excluding hydrogens is 344 g/mol. The normalized spacial score (nSPS) is 15.7. The molecule has 1 aliphatic heterocycles. The van der Waals surface area contributed by atoms with Gasteiger partial charge < -0.3 is 29.2 Å². The van der Waals surface area contributed by atoms with Gasteiger partial charge in [0.25, 0.3) is 5.97 Å². The molecule has 8 heteroatoms. The molecule has 1 rings (SSSR count). The number of carbonyl (C=O) groups is 2. The molecule has 1 saturated heterocycles. The second-order valence-corrected chi connectivity index (χ2v) is 5.87. The van der Waals surface area contributed by atoms with Crippen LogP contribution in [0.5, 0.6) is 0 Å². The summed E-state index contributed by atoms with van der Waals surface area (Å²) in [4.78, 5) is 19.5. The Balaban J connectivity index is 0. The molecule has 2 atom stereocenters. The lowest BCUT2D eigenvalue weighted by molar-refractivity contribution is -0.148. The number of ether oxygens (including phenoxy) is 4. The molecule has 1 fully saturated rings. The Kier molecular flexibility index (Phi) is 20.9. The maximum Gasteiger partial charge on any atom is 0.302 e. The van der Waals surface area contributed by atoms with E-state index in [1.165, 1.54) is 26.2 Å². The molecule has 26 heavy (non-hydrogen) atoms. The van der Waals surface area contributed by atoms with Crippen LogP contribution in [0.2, 0.25) is 0 Å². The lowest BCUT2D eigenvalue weighted by Crippen LogP contribution is -2.20. The summed E-state index contributed by atoms with van der Waals surface area (Å²) in [5.41, 5.74) is 0. The summed E-state index contributed by atoms with van der Waals surface area (Å²) in [6.07, 6.45) is 6.41. The van der Waals surface area contributed by atoms with Crippen LogP contribution < -0.4 is 0 Å². The van der Waals surface area contributed by atoms with Gasteiger partial charge in [0.15, 0.2) is 0 Å². The Morgan fingerprint density at radius 2 is 1.58 bits per heavy atom. The van der Waals surface area contributed by atoms with E-state index in [1.54, 1.807) is 14.2 Å². The van der Waals surface area contributed by atoms with Crippen LogP contribution >= 0.6 is 0 Å². The molecule has 1 heterocycles. The van der Waals surface area contributed by atoms with E-state index in [0.29, 0.717) is 19.1 Å². The van der Waals surface area contributed by atoms with E-state index in [0.717, 1.165) is 33.0 Å². The summed E-state index contributed by atoms with van der Waals surface area (Å²) in [5, 5.41) is 16.2. The minimum absolute atomic E-state index is 0.105. The average molecular weight is 380 g/mol. The summed E-state index contributed by atoms with van der Waals surface area (Å²) in [5.74, 6) is -1.18. The highest BCUT2D eigenvalue weighted by atomic mass is 16.6. The highest BCUT2D eigenvalue weighted by molar-refractivity contribution is 5.66. The van der Waals surface area contributed by atoms with Crippen LogP contribution in [0.25, 0.3) is 0 Å². The van der Waals surface area contributed by atoms with Gasteiger partial charge in [-0.15, -0.1) is 0 Å². The zero-order valence-corrected chi connectivity index (χ0v) is 16.6. The maximum atomic E-state index is 10.5. The predicted octanol–water partition coefficient (Wildman–Crippen LogP) is 2.02. The van der Waals surface area contributed by atoms with Crippen molar-refractivity contribution in [3.8, 4) is 0 Å². The summed E-state index contributed by atoms with van der Waals surface area (Å²) in [6.45, 7) is 4.92. The van der Waals surface area contributed by atoms with Crippen LogP contribution in [0.15, 0.2) is 0 Å². The van der Waals surface area contributed by atoms with Crippen molar-refractivity contribution in [2.75, 3.05) is 40.6 Å². The maximum absolute atomic E-state index is 10.5. The van der Waals surface area contributed by atoms with Crippen LogP contribution in [0.3, 0.4) is 0 Å². The average Bonchev–Trinajstić information content (AvgIpc) is 3.38. The minimum Gasteiger partial charge on any atom is -0.481 e. The standard InChI is InChI=1S/C9H18O4.C7H14O2.C2H4O2/c1-8(11)13-9(7-10)5-3-4-6-12-2;1-8-5-3-2-4-7-6-9-7;1-2(3)4/h9-10H,3-7H2,1-2H3;7H,2-6H2,1H3;1H3,(H,3,4). The minimum atomic E-state index is -0.833. The monoisotopic (exact) mass is 380 g/mol. The number of hydrogen-bond acceptors (Lipinski definition) is 7. The van der Waals surface area contributed by atoms with Crippen molar-refractivity contribution in [3.63, 3.8) is 0 Å². The van der Waals surface area contributed by atoms with Crippen molar-refractivity contribution in [1.29, 1.82) is 0 Å². The first-order valence-electron chi connectivity index (χ1n) is 8.94. The third-order valence-corrected chi connectivity index (χ3v) is 3.19. The number of aliphatic carboxylic acids is 1. The van der Waals surface area contributed by atoms with Crippen LogP contribution in [0.1, 0.15) is 52.4 Å². The number of unbranched alkanes of at least 4 members (excludes halogenated alkanes) is 2. The highest BCUT2D eigenvalue weighted by Crippen LogP contribution is 2.16. The van der Waals surface area contributed by atoms with Gasteiger partial charge in [-0.25, -0.2) is 0 Å². The number of methoxy groups -OCH3 is 2. The molecule has 0 saturated carbocycles. The number of hydrogen-bond donors (Lipinski definition) is 2. The van der Waals surface area contributed by atoms with Gasteiger partial charge in [0, 0.05) is 41.3 Å². The van der Waals surface area contributed by atoms with E-state index in [9.17, 15) is 4.79 Å². The van der Waals surface area contributed by atoms with E-state index >= 15 is 0 Å². The molecule has 0 aliphatic carbocycles. The largest absolute Gasteiger partial charge is 0.481 e. The third kappa shape index (κ3) is 27.6. The Bertz CT molecular complexity index is 327. The number of carboxylic acids is 1. The Labute approximate surface area is 156 Å². The molecule has 8 nitrogen and oxygen atoms in total. The van der Waals surface area contributed by atoms with Crippen molar-refractivity contribution in [2.45, 2.75) is 64.6 Å². The second-order valence-electron chi connectivity index (χ2n) is 5.87. The molecular formula is C18H36O8. The SMILES string of the molecule is CC(=O)O.COCCCCC(CO)OC(C)=O.COCCCCC1CO1. The van der Waals surface area contributed by atoms with Gasteiger partial charge in [-0.1, -0.05) is 0 Å². The molecule has 0 bridgehead atoms. The first-order chi connectivity index (χ1) is 12.4. The van der Waals surface area contributed by atoms with Crippen LogP contribution in [0.4, 0.5) is 0 Å². The molecule has 0 spiro atoms. The molecule has 2 N–H and O–H groups in total. The molecule has 0 aromatic rings. The fourth-order valence-electron chi connectivity index (χ4n) is 1.89. The van der Waals surface area contributed by atoms with Gasteiger partial charge in [0.05, 0.1) is 19.3 Å². The highest BCUT2D eigenvalue weighted by Gasteiger charge is 2.20. The zero-order valence-electron chi connectivity index (χ0n) is 16.6. The Morgan fingerprint density at radius 3 is 1.96 bits per heavy atom. The Hall–Kier alpha value is -1.22. The lowest BCUT2D eigenvalue weighted by Gasteiger charge is -2.13. The van der Waals surface area contributed by atoms with Gasteiger partial charge >= 0.3 is 5.97 Å². The topological polar surface area (TPSA) is 115 Å². The van der Waals surface area contributed by atoms with Crippen molar-refractivity contribution in [3.05, 3.63) is 0 Å². The molecule has 0 radical (unpaired) electrons. The molecule has 1 aliphatic rings. The predicted molar refractivity (Wildman–Crippen MR) is 97.1 cm³/mol. The van der Waals surface area contributed by atoms with Crippen molar-refractivity contribution < 1.29 is 38.7 Å². The van der Waals surface area contributed by atoms with Gasteiger partial charge in [-0.05, 0) is 38.5 Å². The summed E-state index contributed by atoms with van der Waals surface area (Å²) in [6, 6.07) is 0. The first kappa shape index (κ1) is 27.0. The van der Waals surface area contributed by atoms with E-state index in [4.69, 9.17) is 34.0 Å². The molecule has 0 amide bonds. The Morgan fingerprint density at radius 1 is 1.08 bits per heavy atom. The number of aliphatic hydroxyl groups excluding tert-OH is 1. The van der Waals surface area contributed by atoms with Crippen LogP contribution in [-0.4, -0.2) is 75.0 Å². The third-order valence-electron chi connectivity index (χ3n) is 3.19. The van der Waals surface area contributed by atoms with Crippen molar-refractivity contribution in [1.82, 2.24) is 0 Å². The van der Waals surface area contributed by atoms with E-state index in [2.05, 4.69) is 0 Å². The lowest BCUT2D eigenvalue weighted by atomic mass is 10.1. The number of carboxylic acid groups (broad SMARTS) is 1. The fraction of sp³-hybridized carbons (Fsp3) is 0.889. The van der Waals surface area contributed by atoms with Gasteiger partial charge in [-0.2, -0.15) is 0 Å². The first-order valence-corrected chi connectivity index (χ1v) is 8.94. The summed E-state index contributed by atoms with van der Waals surface area (Å²) < 4.78 is 19.7. The van der Waals surface area contributed by atoms with Crippen LogP contribution in [0, 0.1) is 0 Å². The van der Waals surface area contributed by atoms with E-state index < -0.39 is 5.97 Å². The molecule has 156 valence electrons. The van der Waals surface area contributed by atoms with Crippen molar-refractivity contribution in [2.24, 2.45) is 0 Å². The number of carbonyl (C=O) groups excluding carboxylic acids is 1. The number of aliphatic hydroxyl groups is 1. The second kappa shape index (κ2) is 20.1. The summed E-state index contributed by atoms with van der Waals surface area (Å²) >= 11 is 0. The van der Waals surface area contributed by atoms with E-state index in [1.807, 2.05) is 0 Å². The quantitative estimate of drug-likeness (QED) is 0.300. The zero-order chi connectivity index (χ0) is 20.2. The number of rotatable bonds is 12. The molecule has 2 unspecified atom stereocenters. The van der Waals surface area contributed by atoms with E-state index in [-0.39, 0.29) is 18.7 Å². The number of esters is 1. The van der Waals surface area contributed by atoms with Gasteiger partial charge in [0.2, 0.25) is 0 Å².